The molecule has 1 fully saturated rings. The number of piperidine rings is 1. The van der Waals surface area contributed by atoms with Crippen molar-refractivity contribution in [1.29, 1.82) is 0 Å². The van der Waals surface area contributed by atoms with Crippen molar-refractivity contribution >= 4 is 23.5 Å². The zero-order valence-electron chi connectivity index (χ0n) is 15.4. The van der Waals surface area contributed by atoms with Gasteiger partial charge in [-0.15, -0.1) is 0 Å². The molecule has 1 atom stereocenters. The smallest absolute Gasteiger partial charge is 0.308 e. The average molecular weight is 386 g/mol. The zero-order valence-corrected chi connectivity index (χ0v) is 16.2. The van der Waals surface area contributed by atoms with Crippen molar-refractivity contribution in [3.63, 3.8) is 0 Å². The molecule has 0 bridgehead atoms. The van der Waals surface area contributed by atoms with Gasteiger partial charge in [-0.2, -0.15) is 0 Å². The van der Waals surface area contributed by atoms with Crippen molar-refractivity contribution in [2.75, 3.05) is 20.2 Å². The lowest BCUT2D eigenvalue weighted by Crippen LogP contribution is -2.41. The van der Waals surface area contributed by atoms with Crippen LogP contribution in [0.3, 0.4) is 0 Å². The normalized spacial score (nSPS) is 16.0. The topological polar surface area (TPSA) is 46.6 Å². The first-order valence-electron chi connectivity index (χ1n) is 9.25. The lowest BCUT2D eigenvalue weighted by molar-refractivity contribution is -0.148. The summed E-state index contributed by atoms with van der Waals surface area (Å²) in [4.78, 5) is 26.5. The van der Waals surface area contributed by atoms with Gasteiger partial charge in [-0.3, -0.25) is 9.59 Å². The monoisotopic (exact) mass is 385 g/mol. The van der Waals surface area contributed by atoms with Crippen LogP contribution in [0.15, 0.2) is 54.6 Å². The van der Waals surface area contributed by atoms with Crippen molar-refractivity contribution in [1.82, 2.24) is 4.90 Å². The Labute approximate surface area is 165 Å². The molecular formula is C22H24ClNO3. The summed E-state index contributed by atoms with van der Waals surface area (Å²) in [6.07, 6.45) is 1.66. The molecule has 0 radical (unpaired) electrons. The minimum Gasteiger partial charge on any atom is -0.469 e. The Morgan fingerprint density at radius 2 is 1.70 bits per heavy atom. The maximum Gasteiger partial charge on any atom is 0.308 e. The molecule has 0 aromatic heterocycles. The molecule has 1 saturated heterocycles. The van der Waals surface area contributed by atoms with Crippen LogP contribution in [0.1, 0.15) is 36.3 Å². The van der Waals surface area contributed by atoms with Crippen LogP contribution in [0.25, 0.3) is 0 Å². The number of nitrogens with zero attached hydrogens (tertiary/aromatic N) is 1. The minimum atomic E-state index is -0.180. The highest BCUT2D eigenvalue weighted by atomic mass is 35.5. The van der Waals surface area contributed by atoms with Crippen molar-refractivity contribution in [3.05, 3.63) is 70.7 Å². The van der Waals surface area contributed by atoms with Gasteiger partial charge in [0.2, 0.25) is 5.91 Å². The number of carbonyl (C=O) groups excluding carboxylic acids is 2. The van der Waals surface area contributed by atoms with E-state index in [9.17, 15) is 9.59 Å². The quantitative estimate of drug-likeness (QED) is 0.722. The van der Waals surface area contributed by atoms with E-state index in [0.717, 1.165) is 11.1 Å². The average Bonchev–Trinajstić information content (AvgIpc) is 2.72. The first-order chi connectivity index (χ1) is 13.1. The highest BCUT2D eigenvalue weighted by Gasteiger charge is 2.29. The van der Waals surface area contributed by atoms with E-state index in [1.54, 1.807) is 0 Å². The molecule has 1 amide bonds. The van der Waals surface area contributed by atoms with Gasteiger partial charge in [0, 0.05) is 30.5 Å². The van der Waals surface area contributed by atoms with E-state index in [1.165, 1.54) is 7.11 Å². The number of ether oxygens (including phenoxy) is 1. The summed E-state index contributed by atoms with van der Waals surface area (Å²) in [6.45, 7) is 1.17. The first kappa shape index (κ1) is 19.4. The molecule has 0 spiro atoms. The van der Waals surface area contributed by atoms with Crippen LogP contribution in [-0.4, -0.2) is 37.0 Å². The summed E-state index contributed by atoms with van der Waals surface area (Å²) in [5, 5.41) is 0.670. The maximum absolute atomic E-state index is 13.0. The summed E-state index contributed by atoms with van der Waals surface area (Å²) >= 11 is 6.43. The predicted molar refractivity (Wildman–Crippen MR) is 106 cm³/mol. The SMILES string of the molecule is COC(=O)C1CCN(C(=O)CC(c2ccccc2)c2ccccc2Cl)CC1. The fraction of sp³-hybridized carbons (Fsp3) is 0.364. The predicted octanol–water partition coefficient (Wildman–Crippen LogP) is 4.27. The van der Waals surface area contributed by atoms with Gasteiger partial charge in [0.1, 0.15) is 0 Å². The molecule has 142 valence electrons. The van der Waals surface area contributed by atoms with Gasteiger partial charge < -0.3 is 9.64 Å². The Kier molecular flexibility index (Phi) is 6.51. The maximum atomic E-state index is 13.0. The highest BCUT2D eigenvalue weighted by Crippen LogP contribution is 2.33. The van der Waals surface area contributed by atoms with Crippen LogP contribution in [0, 0.1) is 5.92 Å². The molecule has 2 aromatic rings. The second-order valence-electron chi connectivity index (χ2n) is 6.87. The second-order valence-corrected chi connectivity index (χ2v) is 7.27. The molecule has 3 rings (SSSR count). The molecule has 1 heterocycles. The van der Waals surface area contributed by atoms with Crippen molar-refractivity contribution in [2.45, 2.75) is 25.2 Å². The second kappa shape index (κ2) is 9.05. The molecule has 5 heteroatoms. The van der Waals surface area contributed by atoms with Crippen LogP contribution in [0.4, 0.5) is 0 Å². The summed E-state index contributed by atoms with van der Waals surface area (Å²) < 4.78 is 4.82. The number of esters is 1. The Morgan fingerprint density at radius 1 is 1.07 bits per heavy atom. The zero-order chi connectivity index (χ0) is 19.2. The van der Waals surface area contributed by atoms with Gasteiger partial charge in [0.25, 0.3) is 0 Å². The first-order valence-corrected chi connectivity index (χ1v) is 9.63. The number of benzene rings is 2. The van der Waals surface area contributed by atoms with Crippen molar-refractivity contribution in [2.24, 2.45) is 5.92 Å². The van der Waals surface area contributed by atoms with E-state index in [4.69, 9.17) is 16.3 Å². The summed E-state index contributed by atoms with van der Waals surface area (Å²) in [6, 6.07) is 17.7. The van der Waals surface area contributed by atoms with Crippen LogP contribution < -0.4 is 0 Å². The summed E-state index contributed by atoms with van der Waals surface area (Å²) in [5.74, 6) is -0.286. The highest BCUT2D eigenvalue weighted by molar-refractivity contribution is 6.31. The Morgan fingerprint density at radius 3 is 2.33 bits per heavy atom. The lowest BCUT2D eigenvalue weighted by atomic mass is 9.87. The Hall–Kier alpha value is -2.33. The third kappa shape index (κ3) is 4.69. The molecule has 1 aliphatic rings. The van der Waals surface area contributed by atoms with Gasteiger partial charge in [0.15, 0.2) is 0 Å². The fourth-order valence-corrected chi connectivity index (χ4v) is 3.95. The van der Waals surface area contributed by atoms with E-state index in [0.29, 0.717) is 37.4 Å². The van der Waals surface area contributed by atoms with Gasteiger partial charge in [0.05, 0.1) is 13.0 Å². The van der Waals surface area contributed by atoms with Gasteiger partial charge in [-0.1, -0.05) is 60.1 Å². The Bertz CT molecular complexity index is 785. The molecule has 0 saturated carbocycles. The van der Waals surface area contributed by atoms with Crippen LogP contribution in [0.5, 0.6) is 0 Å². The van der Waals surface area contributed by atoms with E-state index < -0.39 is 0 Å². The van der Waals surface area contributed by atoms with E-state index >= 15 is 0 Å². The fourth-order valence-electron chi connectivity index (χ4n) is 3.69. The molecular weight excluding hydrogens is 362 g/mol. The largest absolute Gasteiger partial charge is 0.469 e. The van der Waals surface area contributed by atoms with Crippen LogP contribution >= 0.6 is 11.6 Å². The molecule has 1 aliphatic heterocycles. The number of likely N-dealkylation sites (tertiary alicyclic amines) is 1. The molecule has 0 N–H and O–H groups in total. The standard InChI is InChI=1S/C22H24ClNO3/c1-27-22(26)17-11-13-24(14-12-17)21(25)15-19(16-7-3-2-4-8-16)18-9-5-6-10-20(18)23/h2-10,17,19H,11-15H2,1H3. The van der Waals surface area contributed by atoms with E-state index in [2.05, 4.69) is 0 Å². The minimum absolute atomic E-state index is 0.0899. The molecule has 4 nitrogen and oxygen atoms in total. The van der Waals surface area contributed by atoms with Crippen molar-refractivity contribution in [3.8, 4) is 0 Å². The number of halogens is 1. The van der Waals surface area contributed by atoms with Crippen molar-refractivity contribution < 1.29 is 14.3 Å². The van der Waals surface area contributed by atoms with Crippen LogP contribution in [-0.2, 0) is 14.3 Å². The number of hydrogen-bond donors (Lipinski definition) is 0. The third-order valence-corrected chi connectivity index (χ3v) is 5.59. The number of methoxy groups -OCH3 is 1. The van der Waals surface area contributed by atoms with E-state index in [1.807, 2.05) is 59.5 Å². The number of amides is 1. The molecule has 0 aliphatic carbocycles. The third-order valence-electron chi connectivity index (χ3n) is 5.24. The van der Waals surface area contributed by atoms with Gasteiger partial charge >= 0.3 is 5.97 Å². The Balaban J connectivity index is 1.74. The summed E-state index contributed by atoms with van der Waals surface area (Å²) in [7, 11) is 1.41. The molecule has 1 unspecified atom stereocenters. The van der Waals surface area contributed by atoms with E-state index in [-0.39, 0.29) is 23.7 Å². The number of carbonyl (C=O) groups is 2. The van der Waals surface area contributed by atoms with Gasteiger partial charge in [-0.05, 0) is 30.0 Å². The van der Waals surface area contributed by atoms with Crippen LogP contribution in [0.2, 0.25) is 5.02 Å². The lowest BCUT2D eigenvalue weighted by Gasteiger charge is -2.32. The molecule has 27 heavy (non-hydrogen) atoms. The number of rotatable bonds is 5. The van der Waals surface area contributed by atoms with Gasteiger partial charge in [-0.25, -0.2) is 0 Å². The summed E-state index contributed by atoms with van der Waals surface area (Å²) in [5.41, 5.74) is 2.03. The number of hydrogen-bond acceptors (Lipinski definition) is 3. The molecule has 2 aromatic carbocycles.